The number of aryl methyl sites for hydroxylation is 1. The average molecular weight is 548 g/mol. The molecule has 0 spiro atoms. The predicted molar refractivity (Wildman–Crippen MR) is 136 cm³/mol. The van der Waals surface area contributed by atoms with Crippen molar-refractivity contribution in [3.63, 3.8) is 0 Å². The lowest BCUT2D eigenvalue weighted by atomic mass is 10.2. The van der Waals surface area contributed by atoms with E-state index in [0.29, 0.717) is 23.1 Å². The van der Waals surface area contributed by atoms with Crippen LogP contribution in [0.25, 0.3) is 5.69 Å². The van der Waals surface area contributed by atoms with Gasteiger partial charge in [0.2, 0.25) is 17.7 Å². The smallest absolute Gasteiger partial charge is 0.280 e. The van der Waals surface area contributed by atoms with Crippen LogP contribution < -0.4 is 25.4 Å². The highest BCUT2D eigenvalue weighted by atomic mass is 35.5. The molecule has 2 N–H and O–H groups in total. The minimum Gasteiger partial charge on any atom is -0.471 e. The summed E-state index contributed by atoms with van der Waals surface area (Å²) in [6.45, 7) is 0.836. The third-order valence-corrected chi connectivity index (χ3v) is 6.21. The number of benzene rings is 2. The van der Waals surface area contributed by atoms with Crippen LogP contribution in [0.1, 0.15) is 17.8 Å². The Labute approximate surface area is 221 Å². The number of nitrogens with zero attached hydrogens (tertiary/aromatic N) is 4. The first kappa shape index (κ1) is 27.2. The van der Waals surface area contributed by atoms with E-state index in [1.165, 1.54) is 27.4 Å². The van der Waals surface area contributed by atoms with Crippen LogP contribution in [0.4, 0.5) is 20.2 Å². The van der Waals surface area contributed by atoms with E-state index >= 15 is 0 Å². The van der Waals surface area contributed by atoms with Gasteiger partial charge in [-0.2, -0.15) is 4.98 Å². The summed E-state index contributed by atoms with van der Waals surface area (Å²) in [5, 5.41) is 11.6. The number of halogens is 3. The molecule has 0 radical (unpaired) electrons. The van der Waals surface area contributed by atoms with Crippen LogP contribution in [0.2, 0.25) is 5.02 Å². The van der Waals surface area contributed by atoms with Crippen molar-refractivity contribution in [2.75, 3.05) is 36.7 Å². The van der Waals surface area contributed by atoms with E-state index in [0.717, 1.165) is 6.07 Å². The fourth-order valence-electron chi connectivity index (χ4n) is 4.06. The Morgan fingerprint density at radius 2 is 1.87 bits per heavy atom. The Morgan fingerprint density at radius 1 is 1.13 bits per heavy atom. The molecule has 0 atom stereocenters. The number of fused-ring (bicyclic) bond motifs is 1. The molecule has 1 aliphatic rings. The summed E-state index contributed by atoms with van der Waals surface area (Å²) in [7, 11) is 1.62. The van der Waals surface area contributed by atoms with E-state index in [-0.39, 0.29) is 67.0 Å². The van der Waals surface area contributed by atoms with Crippen LogP contribution in [-0.4, -0.2) is 53.3 Å². The Bertz CT molecular complexity index is 1460. The number of amides is 2. The van der Waals surface area contributed by atoms with Crippen LogP contribution in [0, 0.1) is 18.6 Å². The second-order valence-electron chi connectivity index (χ2n) is 8.41. The fourth-order valence-corrected chi connectivity index (χ4v) is 4.24. The van der Waals surface area contributed by atoms with Gasteiger partial charge in [-0.25, -0.2) is 8.78 Å². The standard InChI is InChI=1S/C25H24ClF2N5O5/c1-14-30-24(38-12-15-3-4-16(27)9-18(15)28)23(26)25(37)33(14)17-5-6-19-20(10-17)32(22(36)11-29-2)13-31(19)21(35)7-8-34/h3-6,9-10,29,34H,7-8,11-13H2,1-2H3. The molecule has 200 valence electrons. The molecule has 2 aromatic carbocycles. The molecule has 0 fully saturated rings. The molecule has 13 heteroatoms. The lowest BCUT2D eigenvalue weighted by Gasteiger charge is -2.19. The zero-order valence-corrected chi connectivity index (χ0v) is 21.3. The molecular formula is C25H24ClF2N5O5. The van der Waals surface area contributed by atoms with Gasteiger partial charge in [-0.3, -0.25) is 28.8 Å². The minimum absolute atomic E-state index is 0.0126. The maximum atomic E-state index is 14.0. The third-order valence-electron chi connectivity index (χ3n) is 5.88. The molecule has 0 unspecified atom stereocenters. The number of carbonyl (C=O) groups excluding carboxylic acids is 2. The summed E-state index contributed by atoms with van der Waals surface area (Å²) in [6.07, 6.45) is -0.114. The molecule has 3 aromatic rings. The van der Waals surface area contributed by atoms with Gasteiger partial charge in [0.25, 0.3) is 5.56 Å². The number of anilines is 2. The van der Waals surface area contributed by atoms with Crippen LogP contribution in [0.5, 0.6) is 5.88 Å². The number of carbonyl (C=O) groups is 2. The summed E-state index contributed by atoms with van der Waals surface area (Å²) in [6, 6.07) is 7.74. The van der Waals surface area contributed by atoms with Crippen LogP contribution in [-0.2, 0) is 16.2 Å². The van der Waals surface area contributed by atoms with E-state index in [2.05, 4.69) is 10.3 Å². The summed E-state index contributed by atoms with van der Waals surface area (Å²) in [5.41, 5.74) is 0.547. The van der Waals surface area contributed by atoms with E-state index < -0.39 is 17.2 Å². The zero-order valence-electron chi connectivity index (χ0n) is 20.5. The Morgan fingerprint density at radius 3 is 2.55 bits per heavy atom. The van der Waals surface area contributed by atoms with Gasteiger partial charge in [0.1, 0.15) is 30.7 Å². The number of likely N-dealkylation sites (N-methyl/N-ethyl adjacent to an activating group) is 1. The zero-order chi connectivity index (χ0) is 27.6. The number of ether oxygens (including phenoxy) is 1. The molecule has 38 heavy (non-hydrogen) atoms. The number of aliphatic hydroxyl groups excluding tert-OH is 1. The van der Waals surface area contributed by atoms with Crippen LogP contribution >= 0.6 is 11.6 Å². The summed E-state index contributed by atoms with van der Waals surface area (Å²) in [5.74, 6) is -2.24. The predicted octanol–water partition coefficient (Wildman–Crippen LogP) is 2.29. The number of aliphatic hydroxyl groups is 1. The normalized spacial score (nSPS) is 12.6. The summed E-state index contributed by atoms with van der Waals surface area (Å²) >= 11 is 6.26. The Balaban J connectivity index is 1.70. The Hall–Kier alpha value is -3.87. The van der Waals surface area contributed by atoms with Gasteiger partial charge in [-0.05, 0) is 44.3 Å². The first-order valence-corrected chi connectivity index (χ1v) is 11.9. The van der Waals surface area contributed by atoms with Crippen LogP contribution in [0.3, 0.4) is 0 Å². The second-order valence-corrected chi connectivity index (χ2v) is 8.78. The van der Waals surface area contributed by atoms with Gasteiger partial charge in [0.05, 0.1) is 36.6 Å². The highest BCUT2D eigenvalue weighted by Crippen LogP contribution is 2.38. The van der Waals surface area contributed by atoms with Gasteiger partial charge in [0, 0.05) is 11.6 Å². The lowest BCUT2D eigenvalue weighted by molar-refractivity contribution is -0.119. The van der Waals surface area contributed by atoms with Crippen molar-refractivity contribution in [2.45, 2.75) is 20.0 Å². The number of rotatable bonds is 8. The molecule has 1 aliphatic heterocycles. The van der Waals surface area contributed by atoms with E-state index in [1.54, 1.807) is 25.2 Å². The van der Waals surface area contributed by atoms with Crippen molar-refractivity contribution in [1.29, 1.82) is 0 Å². The molecule has 4 rings (SSSR count). The van der Waals surface area contributed by atoms with Gasteiger partial charge in [0.15, 0.2) is 5.02 Å². The van der Waals surface area contributed by atoms with Crippen molar-refractivity contribution in [3.05, 3.63) is 74.8 Å². The number of nitrogens with one attached hydrogen (secondary N) is 1. The van der Waals surface area contributed by atoms with E-state index in [4.69, 9.17) is 16.3 Å². The fraction of sp³-hybridized carbons (Fsp3) is 0.280. The number of hydrogen-bond acceptors (Lipinski definition) is 7. The maximum Gasteiger partial charge on any atom is 0.280 e. The topological polar surface area (TPSA) is 117 Å². The average Bonchev–Trinajstić information content (AvgIpc) is 3.26. The molecule has 2 heterocycles. The molecule has 0 saturated carbocycles. The third kappa shape index (κ3) is 5.23. The first-order chi connectivity index (χ1) is 18.2. The van der Waals surface area contributed by atoms with Gasteiger partial charge in [-0.1, -0.05) is 11.6 Å². The molecule has 1 aromatic heterocycles. The maximum absolute atomic E-state index is 14.0. The quantitative estimate of drug-likeness (QED) is 0.444. The number of hydrogen-bond donors (Lipinski definition) is 2. The van der Waals surface area contributed by atoms with Crippen molar-refractivity contribution < 1.29 is 28.2 Å². The van der Waals surface area contributed by atoms with E-state index in [9.17, 15) is 28.3 Å². The molecule has 2 amide bonds. The summed E-state index contributed by atoms with van der Waals surface area (Å²) < 4.78 is 33.8. The molecule has 0 aliphatic carbocycles. The SMILES string of the molecule is CNCC(=O)N1CN(C(=O)CCO)c2ccc(-n3c(C)nc(OCc4ccc(F)cc4F)c(Cl)c3=O)cc21. The highest BCUT2D eigenvalue weighted by molar-refractivity contribution is 6.31. The largest absolute Gasteiger partial charge is 0.471 e. The monoisotopic (exact) mass is 547 g/mol. The van der Waals surface area contributed by atoms with Gasteiger partial charge in [-0.15, -0.1) is 0 Å². The van der Waals surface area contributed by atoms with Crippen LogP contribution in [0.15, 0.2) is 41.2 Å². The van der Waals surface area contributed by atoms with E-state index in [1.807, 2.05) is 0 Å². The van der Waals surface area contributed by atoms with Crippen molar-refractivity contribution in [2.24, 2.45) is 0 Å². The molecule has 0 saturated heterocycles. The number of aromatic nitrogens is 2. The molecular weight excluding hydrogens is 524 g/mol. The van der Waals surface area contributed by atoms with Gasteiger partial charge >= 0.3 is 0 Å². The lowest BCUT2D eigenvalue weighted by Crippen LogP contribution is -2.41. The molecule has 10 nitrogen and oxygen atoms in total. The Kier molecular flexibility index (Phi) is 8.05. The molecule has 0 bridgehead atoms. The first-order valence-electron chi connectivity index (χ1n) is 11.5. The minimum atomic E-state index is -0.812. The summed E-state index contributed by atoms with van der Waals surface area (Å²) in [4.78, 5) is 45.6. The highest BCUT2D eigenvalue weighted by Gasteiger charge is 2.33. The van der Waals surface area contributed by atoms with Crippen molar-refractivity contribution in [1.82, 2.24) is 14.9 Å². The van der Waals surface area contributed by atoms with Crippen molar-refractivity contribution in [3.8, 4) is 11.6 Å². The second kappa shape index (κ2) is 11.3. The van der Waals surface area contributed by atoms with Crippen molar-refractivity contribution >= 4 is 34.8 Å². The van der Waals surface area contributed by atoms with Gasteiger partial charge < -0.3 is 15.2 Å².